The van der Waals surface area contributed by atoms with Gasteiger partial charge in [0.1, 0.15) is 0 Å². The van der Waals surface area contributed by atoms with E-state index in [0.29, 0.717) is 40.5 Å². The molecule has 0 bridgehead atoms. The van der Waals surface area contributed by atoms with Gasteiger partial charge in [-0.3, -0.25) is 0 Å². The minimum atomic E-state index is 0.533. The lowest BCUT2D eigenvalue weighted by molar-refractivity contribution is 1.07. The number of nitrogens with zero attached hydrogens (tertiary/aromatic N) is 7. The van der Waals surface area contributed by atoms with Crippen LogP contribution in [0.2, 0.25) is 0 Å². The lowest BCUT2D eigenvalue weighted by atomic mass is 9.83. The van der Waals surface area contributed by atoms with Crippen molar-refractivity contribution in [1.29, 1.82) is 5.26 Å². The summed E-state index contributed by atoms with van der Waals surface area (Å²) in [4.78, 5) is 30.4. The molecule has 7 nitrogen and oxygen atoms in total. The molecule has 2 aromatic heterocycles. The Balaban J connectivity index is 1.22. The molecule has 0 aliphatic carbocycles. The first-order valence-electron chi connectivity index (χ1n) is 20.3. The van der Waals surface area contributed by atoms with Crippen LogP contribution in [0.3, 0.4) is 0 Å². The van der Waals surface area contributed by atoms with Crippen LogP contribution in [0.4, 0.5) is 0 Å². The molecule has 7 heteroatoms. The van der Waals surface area contributed by atoms with Crippen LogP contribution in [0.15, 0.2) is 212 Å². The molecule has 0 fully saturated rings. The molecule has 0 radical (unpaired) electrons. The molecule has 0 unspecified atom stereocenters. The minimum Gasteiger partial charge on any atom is -0.208 e. The van der Waals surface area contributed by atoms with Crippen LogP contribution >= 0.6 is 0 Å². The minimum absolute atomic E-state index is 0.533. The third-order valence-electron chi connectivity index (χ3n) is 10.7. The van der Waals surface area contributed by atoms with E-state index in [1.165, 1.54) is 0 Å². The second-order valence-corrected chi connectivity index (χ2v) is 14.6. The first kappa shape index (κ1) is 37.5. The zero-order chi connectivity index (χ0) is 41.7. The smallest absolute Gasteiger partial charge is 0.164 e. The molecule has 0 saturated carbocycles. The quantitative estimate of drug-likeness (QED) is 0.143. The summed E-state index contributed by atoms with van der Waals surface area (Å²) < 4.78 is 0. The lowest BCUT2D eigenvalue weighted by Crippen LogP contribution is -2.02. The van der Waals surface area contributed by atoms with Gasteiger partial charge in [0.15, 0.2) is 34.9 Å². The first-order chi connectivity index (χ1) is 30.7. The predicted molar refractivity (Wildman–Crippen MR) is 247 cm³/mol. The lowest BCUT2D eigenvalue weighted by Gasteiger charge is -2.20. The van der Waals surface area contributed by atoms with Crippen LogP contribution in [0.1, 0.15) is 5.56 Å². The van der Waals surface area contributed by atoms with Crippen LogP contribution < -0.4 is 0 Å². The maximum absolute atomic E-state index is 10.6. The zero-order valence-electron chi connectivity index (χ0n) is 33.3. The molecule has 0 saturated heterocycles. The van der Waals surface area contributed by atoms with E-state index in [1.807, 2.05) is 170 Å². The second kappa shape index (κ2) is 16.9. The first-order valence-corrected chi connectivity index (χ1v) is 20.3. The Morgan fingerprint density at radius 2 is 0.516 bits per heavy atom. The standard InChI is InChI=1S/C55H35N7/c56-36-41-28-13-14-29-42(41)49-45(43-30-15-17-32-47(43)54-59-50(37-20-5-1-6-21-37)57-51(60-54)38-22-7-2-8-23-38)34-19-35-46(49)44-31-16-18-33-48(44)55-61-52(39-24-9-3-10-25-39)58-53(62-55)40-26-11-4-12-27-40/h1-35H. The highest BCUT2D eigenvalue weighted by atomic mass is 15.0. The summed E-state index contributed by atoms with van der Waals surface area (Å²) in [6, 6.07) is 72.7. The Labute approximate surface area is 359 Å². The molecule has 0 N–H and O–H groups in total. The highest BCUT2D eigenvalue weighted by Gasteiger charge is 2.23. The second-order valence-electron chi connectivity index (χ2n) is 14.6. The van der Waals surface area contributed by atoms with E-state index in [1.54, 1.807) is 0 Å². The average molecular weight is 794 g/mol. The molecule has 0 aliphatic rings. The van der Waals surface area contributed by atoms with E-state index in [4.69, 9.17) is 29.9 Å². The highest BCUT2D eigenvalue weighted by molar-refractivity contribution is 6.01. The SMILES string of the molecule is N#Cc1ccccc1-c1c(-c2ccccc2-c2nc(-c3ccccc3)nc(-c3ccccc3)n2)cccc1-c1ccccc1-c1nc(-c2ccccc2)nc(-c2ccccc2)n1. The number of hydrogen-bond donors (Lipinski definition) is 0. The van der Waals surface area contributed by atoms with E-state index in [2.05, 4.69) is 48.5 Å². The van der Waals surface area contributed by atoms with Crippen molar-refractivity contribution in [2.45, 2.75) is 0 Å². The molecule has 290 valence electrons. The summed E-state index contributed by atoms with van der Waals surface area (Å²) in [6.07, 6.45) is 0. The van der Waals surface area contributed by atoms with Crippen LogP contribution in [-0.2, 0) is 0 Å². The molecule has 0 amide bonds. The van der Waals surface area contributed by atoms with Gasteiger partial charge in [-0.1, -0.05) is 206 Å². The normalized spacial score (nSPS) is 10.9. The topological polar surface area (TPSA) is 101 Å². The number of nitriles is 1. The largest absolute Gasteiger partial charge is 0.208 e. The van der Waals surface area contributed by atoms with Crippen molar-refractivity contribution in [3.63, 3.8) is 0 Å². The van der Waals surface area contributed by atoms with Crippen molar-refractivity contribution in [3.05, 3.63) is 218 Å². The molecule has 10 aromatic rings. The molecular formula is C55H35N7. The van der Waals surface area contributed by atoms with Crippen molar-refractivity contribution in [1.82, 2.24) is 29.9 Å². The maximum atomic E-state index is 10.6. The molecule has 10 rings (SSSR count). The van der Waals surface area contributed by atoms with Gasteiger partial charge in [-0.25, -0.2) is 29.9 Å². The molecule has 2 heterocycles. The Morgan fingerprint density at radius 1 is 0.242 bits per heavy atom. The third-order valence-corrected chi connectivity index (χ3v) is 10.7. The Bertz CT molecular complexity index is 2930. The van der Waals surface area contributed by atoms with Gasteiger partial charge >= 0.3 is 0 Å². The Morgan fingerprint density at radius 3 is 0.871 bits per heavy atom. The monoisotopic (exact) mass is 793 g/mol. The predicted octanol–water partition coefficient (Wildman–Crippen LogP) is 12.9. The van der Waals surface area contributed by atoms with Crippen molar-refractivity contribution in [2.75, 3.05) is 0 Å². The summed E-state index contributed by atoms with van der Waals surface area (Å²) >= 11 is 0. The van der Waals surface area contributed by atoms with Gasteiger partial charge in [0, 0.05) is 38.9 Å². The van der Waals surface area contributed by atoms with Crippen LogP contribution in [-0.4, -0.2) is 29.9 Å². The molecular weight excluding hydrogens is 759 g/mol. The van der Waals surface area contributed by atoms with E-state index in [-0.39, 0.29) is 0 Å². The van der Waals surface area contributed by atoms with Crippen molar-refractivity contribution in [2.24, 2.45) is 0 Å². The van der Waals surface area contributed by atoms with Crippen molar-refractivity contribution in [3.8, 4) is 108 Å². The van der Waals surface area contributed by atoms with Gasteiger partial charge in [-0.15, -0.1) is 0 Å². The number of aromatic nitrogens is 6. The van der Waals surface area contributed by atoms with E-state index in [0.717, 1.165) is 66.8 Å². The van der Waals surface area contributed by atoms with Gasteiger partial charge in [0.25, 0.3) is 0 Å². The molecule has 62 heavy (non-hydrogen) atoms. The maximum Gasteiger partial charge on any atom is 0.164 e. The Kier molecular flexibility index (Phi) is 10.2. The number of benzene rings is 8. The third kappa shape index (κ3) is 7.41. The Hall–Kier alpha value is -8.73. The number of hydrogen-bond acceptors (Lipinski definition) is 7. The van der Waals surface area contributed by atoms with E-state index >= 15 is 0 Å². The van der Waals surface area contributed by atoms with Gasteiger partial charge in [0.05, 0.1) is 11.6 Å². The molecule has 0 aliphatic heterocycles. The fourth-order valence-corrected chi connectivity index (χ4v) is 7.77. The summed E-state index contributed by atoms with van der Waals surface area (Å²) in [5, 5.41) is 10.6. The van der Waals surface area contributed by atoms with Gasteiger partial charge in [0.2, 0.25) is 0 Å². The fourth-order valence-electron chi connectivity index (χ4n) is 7.77. The van der Waals surface area contributed by atoms with E-state index in [9.17, 15) is 5.26 Å². The summed E-state index contributed by atoms with van der Waals surface area (Å²) in [5.74, 6) is 3.36. The van der Waals surface area contributed by atoms with Crippen LogP contribution in [0, 0.1) is 11.3 Å². The van der Waals surface area contributed by atoms with Crippen molar-refractivity contribution >= 4 is 0 Å². The number of rotatable bonds is 9. The van der Waals surface area contributed by atoms with E-state index < -0.39 is 0 Å². The van der Waals surface area contributed by atoms with Gasteiger partial charge < -0.3 is 0 Å². The average Bonchev–Trinajstić information content (AvgIpc) is 3.37. The molecule has 8 aromatic carbocycles. The van der Waals surface area contributed by atoms with Gasteiger partial charge in [-0.05, 0) is 33.9 Å². The van der Waals surface area contributed by atoms with Crippen LogP contribution in [0.5, 0.6) is 0 Å². The summed E-state index contributed by atoms with van der Waals surface area (Å²) in [5.41, 5.74) is 11.0. The van der Waals surface area contributed by atoms with Crippen molar-refractivity contribution < 1.29 is 0 Å². The molecule has 0 spiro atoms. The summed E-state index contributed by atoms with van der Waals surface area (Å²) in [6.45, 7) is 0. The summed E-state index contributed by atoms with van der Waals surface area (Å²) in [7, 11) is 0. The van der Waals surface area contributed by atoms with Gasteiger partial charge in [-0.2, -0.15) is 5.26 Å². The zero-order valence-corrected chi connectivity index (χ0v) is 33.3. The highest BCUT2D eigenvalue weighted by Crippen LogP contribution is 2.46. The van der Waals surface area contributed by atoms with Crippen LogP contribution in [0.25, 0.3) is 102 Å². The fraction of sp³-hybridized carbons (Fsp3) is 0. The molecule has 0 atom stereocenters.